The molecule has 0 saturated heterocycles. The minimum atomic E-state index is -3.98. The third-order valence-corrected chi connectivity index (χ3v) is 7.01. The Morgan fingerprint density at radius 1 is 0.821 bits per heavy atom. The maximum absolute atomic E-state index is 13.4. The quantitative estimate of drug-likeness (QED) is 0.510. The molecule has 0 saturated carbocycles. The molecule has 142 valence electrons. The number of rotatable bonds is 4. The van der Waals surface area contributed by atoms with Crippen LogP contribution < -0.4 is 0 Å². The van der Waals surface area contributed by atoms with Crippen molar-refractivity contribution in [2.45, 2.75) is 9.79 Å². The van der Waals surface area contributed by atoms with E-state index in [0.29, 0.717) is 16.8 Å². The second-order valence-corrected chi connectivity index (χ2v) is 9.99. The first-order valence-corrected chi connectivity index (χ1v) is 11.6. The van der Waals surface area contributed by atoms with E-state index >= 15 is 0 Å². The van der Waals surface area contributed by atoms with Crippen LogP contribution in [0.4, 0.5) is 0 Å². The van der Waals surface area contributed by atoms with Crippen molar-refractivity contribution in [3.63, 3.8) is 0 Å². The monoisotopic (exact) mass is 413 g/mol. The van der Waals surface area contributed by atoms with Crippen LogP contribution in [0, 0.1) is 0 Å². The lowest BCUT2D eigenvalue weighted by Crippen LogP contribution is -2.15. The summed E-state index contributed by atoms with van der Waals surface area (Å²) in [4.78, 5) is 8.53. The van der Waals surface area contributed by atoms with E-state index in [1.54, 1.807) is 48.7 Å². The molecule has 0 aliphatic rings. The molecule has 0 N–H and O–H groups in total. The van der Waals surface area contributed by atoms with E-state index in [1.165, 1.54) is 18.2 Å². The molecule has 0 bridgehead atoms. The summed E-state index contributed by atoms with van der Waals surface area (Å²) in [5, 5.41) is 0.392. The lowest BCUT2D eigenvalue weighted by atomic mass is 10.2. The number of pyridine rings is 2. The maximum atomic E-state index is 13.4. The van der Waals surface area contributed by atoms with E-state index in [1.807, 2.05) is 0 Å². The Bertz CT molecular complexity index is 1380. The molecule has 0 spiro atoms. The van der Waals surface area contributed by atoms with Crippen molar-refractivity contribution in [1.29, 1.82) is 0 Å². The van der Waals surface area contributed by atoms with Crippen LogP contribution in [0.1, 0.15) is 0 Å². The van der Waals surface area contributed by atoms with E-state index in [9.17, 15) is 16.8 Å². The van der Waals surface area contributed by atoms with Crippen molar-refractivity contribution < 1.29 is 16.8 Å². The summed E-state index contributed by atoms with van der Waals surface area (Å²) in [6.45, 7) is 0. The standard InChI is InChI=1S/C19H15N3O4S2/c1-27(23,24)16-11-14-12-18(17-9-5-6-10-20-17)22(19(14)21-13-16)28(25,26)15-7-3-2-4-8-15/h2-13H,1H3. The van der Waals surface area contributed by atoms with Crippen LogP contribution in [0.25, 0.3) is 22.4 Å². The second kappa shape index (κ2) is 6.54. The highest BCUT2D eigenvalue weighted by molar-refractivity contribution is 7.90. The molecule has 4 rings (SSSR count). The molecule has 7 nitrogen and oxygen atoms in total. The molecular formula is C19H15N3O4S2. The minimum absolute atomic E-state index is 0.0156. The maximum Gasteiger partial charge on any atom is 0.269 e. The average Bonchev–Trinajstić information content (AvgIpc) is 3.08. The number of fused-ring (bicyclic) bond motifs is 1. The molecule has 0 unspecified atom stereocenters. The molecular weight excluding hydrogens is 398 g/mol. The van der Waals surface area contributed by atoms with E-state index < -0.39 is 19.9 Å². The molecule has 0 amide bonds. The van der Waals surface area contributed by atoms with Gasteiger partial charge in [-0.05, 0) is 36.4 Å². The van der Waals surface area contributed by atoms with Crippen molar-refractivity contribution in [2.24, 2.45) is 0 Å². The summed E-state index contributed by atoms with van der Waals surface area (Å²) < 4.78 is 51.6. The summed E-state index contributed by atoms with van der Waals surface area (Å²) in [6.07, 6.45) is 3.80. The van der Waals surface area contributed by atoms with E-state index in [2.05, 4.69) is 9.97 Å². The van der Waals surface area contributed by atoms with Gasteiger partial charge in [0.25, 0.3) is 10.0 Å². The predicted octanol–water partition coefficient (Wildman–Crippen LogP) is 2.74. The molecule has 3 heterocycles. The van der Waals surface area contributed by atoms with Gasteiger partial charge in [-0.25, -0.2) is 25.8 Å². The Morgan fingerprint density at radius 2 is 1.54 bits per heavy atom. The van der Waals surface area contributed by atoms with Crippen LogP contribution >= 0.6 is 0 Å². The Hall–Kier alpha value is -3.04. The fourth-order valence-corrected chi connectivity index (χ4v) is 4.97. The number of sulfone groups is 1. The van der Waals surface area contributed by atoms with E-state index in [-0.39, 0.29) is 15.4 Å². The van der Waals surface area contributed by atoms with Gasteiger partial charge in [0, 0.05) is 24.0 Å². The fourth-order valence-electron chi connectivity index (χ4n) is 2.89. The normalized spacial score (nSPS) is 12.3. The number of benzene rings is 1. The number of nitrogens with zero attached hydrogens (tertiary/aromatic N) is 3. The highest BCUT2D eigenvalue weighted by Crippen LogP contribution is 2.31. The second-order valence-electron chi connectivity index (χ2n) is 6.18. The Labute approximate surface area is 162 Å². The van der Waals surface area contributed by atoms with Crippen LogP contribution in [0.3, 0.4) is 0 Å². The summed E-state index contributed by atoms with van der Waals surface area (Å²) in [5.74, 6) is 0. The van der Waals surface area contributed by atoms with Crippen LogP contribution in [-0.2, 0) is 19.9 Å². The first-order valence-electron chi connectivity index (χ1n) is 8.22. The number of aromatic nitrogens is 3. The molecule has 0 atom stereocenters. The first kappa shape index (κ1) is 18.3. The molecule has 0 radical (unpaired) electrons. The number of hydrogen-bond donors (Lipinski definition) is 0. The lowest BCUT2D eigenvalue weighted by molar-refractivity contribution is 0.589. The summed E-state index contributed by atoms with van der Waals surface area (Å²) in [6, 6.07) is 16.1. The summed E-state index contributed by atoms with van der Waals surface area (Å²) in [5.41, 5.74) is 0.871. The predicted molar refractivity (Wildman–Crippen MR) is 105 cm³/mol. The van der Waals surface area contributed by atoms with Gasteiger partial charge in [0.2, 0.25) is 0 Å². The van der Waals surface area contributed by atoms with E-state index in [0.717, 1.165) is 16.4 Å². The third-order valence-electron chi connectivity index (χ3n) is 4.21. The van der Waals surface area contributed by atoms with Crippen LogP contribution in [0.15, 0.2) is 82.8 Å². The zero-order chi connectivity index (χ0) is 19.9. The Kier molecular flexibility index (Phi) is 4.28. The van der Waals surface area contributed by atoms with Crippen LogP contribution in [0.5, 0.6) is 0 Å². The molecule has 4 aromatic rings. The molecule has 3 aromatic heterocycles. The van der Waals surface area contributed by atoms with E-state index in [4.69, 9.17) is 0 Å². The van der Waals surface area contributed by atoms with Gasteiger partial charge in [-0.3, -0.25) is 4.98 Å². The SMILES string of the molecule is CS(=O)(=O)c1cnc2c(c1)cc(-c1ccccn1)n2S(=O)(=O)c1ccccc1. The number of hydrogen-bond acceptors (Lipinski definition) is 6. The molecule has 0 aliphatic carbocycles. The minimum Gasteiger partial charge on any atom is -0.255 e. The third kappa shape index (κ3) is 3.08. The molecule has 0 fully saturated rings. The van der Waals surface area contributed by atoms with Crippen molar-refractivity contribution in [3.05, 3.63) is 73.1 Å². The van der Waals surface area contributed by atoms with Gasteiger partial charge in [-0.2, -0.15) is 0 Å². The average molecular weight is 413 g/mol. The summed E-state index contributed by atoms with van der Waals surface area (Å²) in [7, 11) is -7.47. The Balaban J connectivity index is 2.08. The van der Waals surface area contributed by atoms with Gasteiger partial charge >= 0.3 is 0 Å². The smallest absolute Gasteiger partial charge is 0.255 e. The van der Waals surface area contributed by atoms with Gasteiger partial charge in [0.1, 0.15) is 0 Å². The van der Waals surface area contributed by atoms with Gasteiger partial charge in [-0.15, -0.1) is 0 Å². The lowest BCUT2D eigenvalue weighted by Gasteiger charge is -2.11. The highest BCUT2D eigenvalue weighted by atomic mass is 32.2. The fraction of sp³-hybridized carbons (Fsp3) is 0.0526. The Morgan fingerprint density at radius 3 is 2.18 bits per heavy atom. The highest BCUT2D eigenvalue weighted by Gasteiger charge is 2.25. The first-order chi connectivity index (χ1) is 13.3. The molecule has 1 aromatic carbocycles. The zero-order valence-corrected chi connectivity index (χ0v) is 16.4. The van der Waals surface area contributed by atoms with Crippen LogP contribution in [-0.4, -0.2) is 37.0 Å². The summed E-state index contributed by atoms with van der Waals surface area (Å²) >= 11 is 0. The van der Waals surface area contributed by atoms with Crippen molar-refractivity contribution in [2.75, 3.05) is 6.26 Å². The van der Waals surface area contributed by atoms with Gasteiger partial charge < -0.3 is 0 Å². The van der Waals surface area contributed by atoms with Gasteiger partial charge in [0.15, 0.2) is 15.5 Å². The topological polar surface area (TPSA) is 99.0 Å². The molecule has 28 heavy (non-hydrogen) atoms. The molecule has 9 heteroatoms. The molecule has 0 aliphatic heterocycles. The zero-order valence-electron chi connectivity index (χ0n) is 14.7. The largest absolute Gasteiger partial charge is 0.269 e. The van der Waals surface area contributed by atoms with Crippen molar-refractivity contribution in [3.8, 4) is 11.4 Å². The van der Waals surface area contributed by atoms with Crippen LogP contribution in [0.2, 0.25) is 0 Å². The van der Waals surface area contributed by atoms with Gasteiger partial charge in [-0.1, -0.05) is 24.3 Å². The van der Waals surface area contributed by atoms with Crippen molar-refractivity contribution >= 4 is 30.9 Å². The van der Waals surface area contributed by atoms with Gasteiger partial charge in [0.05, 0.1) is 21.2 Å². The van der Waals surface area contributed by atoms with Crippen molar-refractivity contribution in [1.82, 2.24) is 13.9 Å².